The van der Waals surface area contributed by atoms with Gasteiger partial charge in [0.25, 0.3) is 0 Å². The summed E-state index contributed by atoms with van der Waals surface area (Å²) < 4.78 is 24.2. The summed E-state index contributed by atoms with van der Waals surface area (Å²) in [5.74, 6) is -0.952. The molecule has 6 heteroatoms. The van der Waals surface area contributed by atoms with Crippen LogP contribution < -0.4 is 5.32 Å². The highest BCUT2D eigenvalue weighted by molar-refractivity contribution is 7.92. The van der Waals surface area contributed by atoms with Crippen molar-refractivity contribution in [2.24, 2.45) is 0 Å². The third-order valence-electron chi connectivity index (χ3n) is 3.75. The number of aromatic nitrogens is 1. The van der Waals surface area contributed by atoms with Crippen LogP contribution in [0.4, 0.5) is 0 Å². The molecule has 1 heterocycles. The minimum absolute atomic E-state index is 0.0437. The molecule has 1 saturated carbocycles. The monoisotopic (exact) mass is 310 g/mol. The zero-order chi connectivity index (χ0) is 15.1. The molecule has 1 fully saturated rings. The summed E-state index contributed by atoms with van der Waals surface area (Å²) in [5, 5.41) is 2.82. The molecule has 1 aromatic heterocycles. The molecule has 0 radical (unpaired) electrons. The van der Waals surface area contributed by atoms with Crippen molar-refractivity contribution < 1.29 is 13.2 Å². The van der Waals surface area contributed by atoms with E-state index in [2.05, 4.69) is 10.3 Å². The summed E-state index contributed by atoms with van der Waals surface area (Å²) in [4.78, 5) is 15.8. The van der Waals surface area contributed by atoms with Gasteiger partial charge in [-0.3, -0.25) is 4.79 Å². The first-order valence-corrected chi connectivity index (χ1v) is 9.16. The molecule has 2 rings (SSSR count). The normalized spacial score (nSPS) is 17.7. The van der Waals surface area contributed by atoms with Crippen molar-refractivity contribution >= 4 is 15.7 Å². The van der Waals surface area contributed by atoms with Gasteiger partial charge >= 0.3 is 0 Å². The molecular weight excluding hydrogens is 288 g/mol. The van der Waals surface area contributed by atoms with Gasteiger partial charge in [0.15, 0.2) is 5.03 Å². The van der Waals surface area contributed by atoms with Gasteiger partial charge in [-0.2, -0.15) is 0 Å². The Bertz CT molecular complexity index is 550. The van der Waals surface area contributed by atoms with Gasteiger partial charge in [0, 0.05) is 12.2 Å². The second-order valence-corrected chi connectivity index (χ2v) is 7.47. The first kappa shape index (κ1) is 15.9. The van der Waals surface area contributed by atoms with E-state index in [9.17, 15) is 13.2 Å². The Morgan fingerprint density at radius 3 is 2.43 bits per heavy atom. The zero-order valence-electron chi connectivity index (χ0n) is 12.1. The number of hydrogen-bond donors (Lipinski definition) is 1. The molecule has 116 valence electrons. The van der Waals surface area contributed by atoms with E-state index in [0.717, 1.165) is 25.7 Å². The molecule has 0 spiro atoms. The Morgan fingerprint density at radius 1 is 1.14 bits per heavy atom. The second kappa shape index (κ2) is 7.54. The van der Waals surface area contributed by atoms with Gasteiger partial charge < -0.3 is 5.32 Å². The molecule has 0 unspecified atom stereocenters. The SMILES string of the molecule is O=C(CS(=O)(=O)c1ccccn1)NC1CCCCCCC1. The van der Waals surface area contributed by atoms with Gasteiger partial charge in [-0.05, 0) is 25.0 Å². The molecular formula is C15H22N2O3S. The number of pyridine rings is 1. The fraction of sp³-hybridized carbons (Fsp3) is 0.600. The number of nitrogens with one attached hydrogen (secondary N) is 1. The predicted molar refractivity (Wildman–Crippen MR) is 80.5 cm³/mol. The van der Waals surface area contributed by atoms with E-state index in [1.54, 1.807) is 12.1 Å². The predicted octanol–water partition coefficient (Wildman–Crippen LogP) is 2.08. The summed E-state index contributed by atoms with van der Waals surface area (Å²) >= 11 is 0. The van der Waals surface area contributed by atoms with E-state index in [4.69, 9.17) is 0 Å². The van der Waals surface area contributed by atoms with E-state index in [1.165, 1.54) is 31.5 Å². The van der Waals surface area contributed by atoms with E-state index in [0.29, 0.717) is 0 Å². The molecule has 0 aliphatic heterocycles. The zero-order valence-corrected chi connectivity index (χ0v) is 12.9. The molecule has 1 aliphatic carbocycles. The Labute approximate surface area is 126 Å². The van der Waals surface area contributed by atoms with Crippen LogP contribution >= 0.6 is 0 Å². The summed E-state index contributed by atoms with van der Waals surface area (Å²) in [6.07, 6.45) is 9.13. The fourth-order valence-electron chi connectivity index (χ4n) is 2.65. The van der Waals surface area contributed by atoms with Crippen LogP contribution in [0.5, 0.6) is 0 Å². The van der Waals surface area contributed by atoms with Crippen LogP contribution in [0.2, 0.25) is 0 Å². The lowest BCUT2D eigenvalue weighted by Gasteiger charge is -2.20. The van der Waals surface area contributed by atoms with Gasteiger partial charge in [-0.15, -0.1) is 0 Å². The number of carbonyl (C=O) groups excluding carboxylic acids is 1. The molecule has 5 nitrogen and oxygen atoms in total. The van der Waals surface area contributed by atoms with Crippen molar-refractivity contribution in [2.75, 3.05) is 5.75 Å². The molecule has 0 aromatic carbocycles. The van der Waals surface area contributed by atoms with Crippen LogP contribution in [0.25, 0.3) is 0 Å². The van der Waals surface area contributed by atoms with E-state index < -0.39 is 21.5 Å². The van der Waals surface area contributed by atoms with Crippen molar-refractivity contribution in [3.05, 3.63) is 24.4 Å². The lowest BCUT2D eigenvalue weighted by molar-refractivity contribution is -0.119. The minimum Gasteiger partial charge on any atom is -0.352 e. The number of sulfone groups is 1. The average molecular weight is 310 g/mol. The smallest absolute Gasteiger partial charge is 0.235 e. The summed E-state index contributed by atoms with van der Waals surface area (Å²) in [6.45, 7) is 0. The number of amides is 1. The quantitative estimate of drug-likeness (QED) is 0.924. The van der Waals surface area contributed by atoms with Crippen LogP contribution in [0, 0.1) is 0 Å². The maximum Gasteiger partial charge on any atom is 0.235 e. The standard InChI is InChI=1S/C15H22N2O3S/c18-14(17-13-8-4-2-1-3-5-9-13)12-21(19,20)15-10-6-7-11-16-15/h6-7,10-11,13H,1-5,8-9,12H2,(H,17,18). The number of carbonyl (C=O) groups is 1. The van der Waals surface area contributed by atoms with Crippen molar-refractivity contribution in [1.29, 1.82) is 0 Å². The first-order valence-electron chi connectivity index (χ1n) is 7.51. The Morgan fingerprint density at radius 2 is 1.81 bits per heavy atom. The van der Waals surface area contributed by atoms with Crippen molar-refractivity contribution in [3.8, 4) is 0 Å². The van der Waals surface area contributed by atoms with Crippen LogP contribution in [0.15, 0.2) is 29.4 Å². The molecule has 1 aliphatic rings. The fourth-order valence-corrected chi connectivity index (χ4v) is 3.73. The number of nitrogens with zero attached hydrogens (tertiary/aromatic N) is 1. The molecule has 1 amide bonds. The van der Waals surface area contributed by atoms with Crippen LogP contribution in [-0.2, 0) is 14.6 Å². The molecule has 0 saturated heterocycles. The maximum absolute atomic E-state index is 12.1. The first-order chi connectivity index (χ1) is 10.1. The third-order valence-corrected chi connectivity index (χ3v) is 5.27. The second-order valence-electron chi connectivity index (χ2n) is 5.54. The lowest BCUT2D eigenvalue weighted by atomic mass is 9.97. The van der Waals surface area contributed by atoms with Gasteiger partial charge in [-0.25, -0.2) is 13.4 Å². The van der Waals surface area contributed by atoms with Gasteiger partial charge in [-0.1, -0.05) is 38.2 Å². The van der Waals surface area contributed by atoms with E-state index in [-0.39, 0.29) is 11.1 Å². The third kappa shape index (κ3) is 5.12. The van der Waals surface area contributed by atoms with E-state index >= 15 is 0 Å². The van der Waals surface area contributed by atoms with Crippen LogP contribution in [-0.4, -0.2) is 31.1 Å². The minimum atomic E-state index is -3.65. The summed E-state index contributed by atoms with van der Waals surface area (Å²) in [5.41, 5.74) is 0. The average Bonchev–Trinajstić information content (AvgIpc) is 2.42. The molecule has 0 atom stereocenters. The van der Waals surface area contributed by atoms with E-state index in [1.807, 2.05) is 0 Å². The lowest BCUT2D eigenvalue weighted by Crippen LogP contribution is -2.38. The van der Waals surface area contributed by atoms with Crippen molar-refractivity contribution in [3.63, 3.8) is 0 Å². The molecule has 1 N–H and O–H groups in total. The Hall–Kier alpha value is -1.43. The number of hydrogen-bond acceptors (Lipinski definition) is 4. The highest BCUT2D eigenvalue weighted by Gasteiger charge is 2.22. The molecule has 1 aromatic rings. The Kier molecular flexibility index (Phi) is 5.73. The van der Waals surface area contributed by atoms with Gasteiger partial charge in [0.2, 0.25) is 15.7 Å². The Balaban J connectivity index is 1.91. The van der Waals surface area contributed by atoms with Crippen LogP contribution in [0.1, 0.15) is 44.9 Å². The maximum atomic E-state index is 12.1. The molecule has 21 heavy (non-hydrogen) atoms. The van der Waals surface area contributed by atoms with Crippen molar-refractivity contribution in [1.82, 2.24) is 10.3 Å². The highest BCUT2D eigenvalue weighted by Crippen LogP contribution is 2.17. The summed E-state index contributed by atoms with van der Waals surface area (Å²) in [6, 6.07) is 4.77. The number of rotatable bonds is 4. The van der Waals surface area contributed by atoms with Gasteiger partial charge in [0.05, 0.1) is 0 Å². The van der Waals surface area contributed by atoms with Crippen LogP contribution in [0.3, 0.4) is 0 Å². The largest absolute Gasteiger partial charge is 0.352 e. The van der Waals surface area contributed by atoms with Gasteiger partial charge in [0.1, 0.15) is 5.75 Å². The highest BCUT2D eigenvalue weighted by atomic mass is 32.2. The topological polar surface area (TPSA) is 76.1 Å². The summed E-state index contributed by atoms with van der Waals surface area (Å²) in [7, 11) is -3.65. The van der Waals surface area contributed by atoms with Crippen molar-refractivity contribution in [2.45, 2.75) is 56.0 Å². The molecule has 0 bridgehead atoms.